The number of sulfone groups is 1. The van der Waals surface area contributed by atoms with Crippen LogP contribution in [0.1, 0.15) is 51.8 Å². The van der Waals surface area contributed by atoms with Crippen molar-refractivity contribution in [3.05, 3.63) is 35.4 Å². The lowest BCUT2D eigenvalue weighted by Gasteiger charge is -2.26. The lowest BCUT2D eigenvalue weighted by Crippen LogP contribution is -2.37. The van der Waals surface area contributed by atoms with Gasteiger partial charge in [-0.1, -0.05) is 52.0 Å². The normalized spacial score (nSPS) is 15.1. The molecule has 0 aliphatic heterocycles. The van der Waals surface area contributed by atoms with Gasteiger partial charge in [0.2, 0.25) is 0 Å². The number of aryl methyl sites for hydroxylation is 1. The van der Waals surface area contributed by atoms with E-state index in [0.29, 0.717) is 0 Å². The second-order valence-corrected chi connectivity index (χ2v) is 8.46. The van der Waals surface area contributed by atoms with Crippen molar-refractivity contribution in [2.45, 2.75) is 52.3 Å². The Bertz CT molecular complexity index is 520. The molecule has 2 unspecified atom stereocenters. The standard InChI is InChI=1S/C17H29NO2S/c1-6-15-8-10-16(11-9-15)17(18-7-2)14(5)21(19,20)12-13(3)4/h8-11,13-14,17-18H,6-7,12H2,1-5H3. The van der Waals surface area contributed by atoms with E-state index in [1.54, 1.807) is 0 Å². The highest BCUT2D eigenvalue weighted by atomic mass is 32.2. The zero-order chi connectivity index (χ0) is 16.0. The summed E-state index contributed by atoms with van der Waals surface area (Å²) in [5, 5.41) is 2.91. The molecule has 120 valence electrons. The van der Waals surface area contributed by atoms with Gasteiger partial charge in [-0.15, -0.1) is 0 Å². The molecule has 21 heavy (non-hydrogen) atoms. The maximum Gasteiger partial charge on any atom is 0.155 e. The summed E-state index contributed by atoms with van der Waals surface area (Å²) in [7, 11) is -3.11. The van der Waals surface area contributed by atoms with E-state index in [9.17, 15) is 8.42 Å². The third kappa shape index (κ3) is 5.11. The summed E-state index contributed by atoms with van der Waals surface area (Å²) in [6.07, 6.45) is 0.993. The van der Waals surface area contributed by atoms with Crippen LogP contribution in [0.4, 0.5) is 0 Å². The van der Waals surface area contributed by atoms with Crippen LogP contribution in [0, 0.1) is 5.92 Å². The molecule has 0 spiro atoms. The molecule has 1 rings (SSSR count). The molecular formula is C17H29NO2S. The van der Waals surface area contributed by atoms with E-state index < -0.39 is 15.1 Å². The van der Waals surface area contributed by atoms with Gasteiger partial charge in [-0.05, 0) is 36.9 Å². The molecule has 0 heterocycles. The highest BCUT2D eigenvalue weighted by Crippen LogP contribution is 2.24. The fraction of sp³-hybridized carbons (Fsp3) is 0.647. The van der Waals surface area contributed by atoms with Gasteiger partial charge in [0.05, 0.1) is 11.0 Å². The van der Waals surface area contributed by atoms with Crippen molar-refractivity contribution in [1.29, 1.82) is 0 Å². The molecule has 1 N–H and O–H groups in total. The average Bonchev–Trinajstić information content (AvgIpc) is 2.43. The summed E-state index contributed by atoms with van der Waals surface area (Å²) in [4.78, 5) is 0. The van der Waals surface area contributed by atoms with Gasteiger partial charge in [0, 0.05) is 6.04 Å². The van der Waals surface area contributed by atoms with Gasteiger partial charge in [0.25, 0.3) is 0 Å². The fourth-order valence-electron chi connectivity index (χ4n) is 2.56. The van der Waals surface area contributed by atoms with Crippen molar-refractivity contribution in [2.75, 3.05) is 12.3 Å². The van der Waals surface area contributed by atoms with Crippen molar-refractivity contribution in [2.24, 2.45) is 5.92 Å². The zero-order valence-corrected chi connectivity index (χ0v) is 14.7. The summed E-state index contributed by atoms with van der Waals surface area (Å²) >= 11 is 0. The Morgan fingerprint density at radius 2 is 1.62 bits per heavy atom. The number of benzene rings is 1. The average molecular weight is 311 g/mol. The molecule has 0 amide bonds. The third-order valence-corrected chi connectivity index (χ3v) is 6.31. The van der Waals surface area contributed by atoms with Crippen LogP contribution in [0.25, 0.3) is 0 Å². The van der Waals surface area contributed by atoms with Crippen LogP contribution in [0.3, 0.4) is 0 Å². The Labute approximate surface area is 130 Å². The second kappa shape index (κ2) is 7.95. The van der Waals surface area contributed by atoms with Crippen LogP contribution in [0.15, 0.2) is 24.3 Å². The quantitative estimate of drug-likeness (QED) is 0.801. The van der Waals surface area contributed by atoms with Crippen molar-refractivity contribution in [1.82, 2.24) is 5.32 Å². The summed E-state index contributed by atoms with van der Waals surface area (Å²) < 4.78 is 25.0. The van der Waals surface area contributed by atoms with Gasteiger partial charge in [0.15, 0.2) is 9.84 Å². The van der Waals surface area contributed by atoms with Gasteiger partial charge in [-0.2, -0.15) is 0 Å². The molecule has 0 radical (unpaired) electrons. The number of hydrogen-bond donors (Lipinski definition) is 1. The molecule has 0 aromatic heterocycles. The first kappa shape index (κ1) is 18.2. The molecule has 0 saturated heterocycles. The van der Waals surface area contributed by atoms with Crippen molar-refractivity contribution < 1.29 is 8.42 Å². The summed E-state index contributed by atoms with van der Waals surface area (Å²) in [5.41, 5.74) is 2.32. The molecule has 0 aliphatic carbocycles. The van der Waals surface area contributed by atoms with E-state index in [1.165, 1.54) is 5.56 Å². The minimum atomic E-state index is -3.11. The molecule has 1 aromatic carbocycles. The topological polar surface area (TPSA) is 46.2 Å². The minimum Gasteiger partial charge on any atom is -0.309 e. The molecule has 1 aromatic rings. The molecule has 0 fully saturated rings. The fourth-order valence-corrected chi connectivity index (χ4v) is 4.46. The van der Waals surface area contributed by atoms with E-state index in [4.69, 9.17) is 0 Å². The number of nitrogens with one attached hydrogen (secondary N) is 1. The van der Waals surface area contributed by atoms with Gasteiger partial charge >= 0.3 is 0 Å². The van der Waals surface area contributed by atoms with Gasteiger partial charge in [-0.3, -0.25) is 0 Å². The van der Waals surface area contributed by atoms with Crippen LogP contribution >= 0.6 is 0 Å². The van der Waals surface area contributed by atoms with E-state index in [0.717, 1.165) is 18.5 Å². The van der Waals surface area contributed by atoms with Crippen molar-refractivity contribution in [3.63, 3.8) is 0 Å². The van der Waals surface area contributed by atoms with E-state index in [1.807, 2.05) is 39.8 Å². The SMILES string of the molecule is CCNC(c1ccc(CC)cc1)C(C)S(=O)(=O)CC(C)C. The second-order valence-electron chi connectivity index (χ2n) is 6.06. The first-order valence-corrected chi connectivity index (χ1v) is 9.57. The molecule has 4 heteroatoms. The molecule has 3 nitrogen and oxygen atoms in total. The first-order chi connectivity index (χ1) is 9.81. The van der Waals surface area contributed by atoms with Crippen molar-refractivity contribution >= 4 is 9.84 Å². The molecule has 0 saturated carbocycles. The Kier molecular flexibility index (Phi) is 6.88. The molecular weight excluding hydrogens is 282 g/mol. The lowest BCUT2D eigenvalue weighted by molar-refractivity contribution is 0.504. The summed E-state index contributed by atoms with van der Waals surface area (Å²) in [6.45, 7) is 10.6. The summed E-state index contributed by atoms with van der Waals surface area (Å²) in [5.74, 6) is 0.394. The smallest absolute Gasteiger partial charge is 0.155 e. The van der Waals surface area contributed by atoms with Gasteiger partial charge in [0.1, 0.15) is 0 Å². The predicted molar refractivity (Wildman–Crippen MR) is 90.3 cm³/mol. The highest BCUT2D eigenvalue weighted by molar-refractivity contribution is 7.92. The van der Waals surface area contributed by atoms with Gasteiger partial charge in [-0.25, -0.2) is 8.42 Å². The van der Waals surface area contributed by atoms with Crippen LogP contribution in [-0.4, -0.2) is 26.0 Å². The predicted octanol–water partition coefficient (Wildman–Crippen LogP) is 3.36. The van der Waals surface area contributed by atoms with Crippen LogP contribution in [0.2, 0.25) is 0 Å². The minimum absolute atomic E-state index is 0.148. The zero-order valence-electron chi connectivity index (χ0n) is 13.9. The molecule has 0 aliphatic rings. The largest absolute Gasteiger partial charge is 0.309 e. The Hall–Kier alpha value is -0.870. The van der Waals surface area contributed by atoms with Crippen LogP contribution in [-0.2, 0) is 16.3 Å². The van der Waals surface area contributed by atoms with Crippen molar-refractivity contribution in [3.8, 4) is 0 Å². The first-order valence-electron chi connectivity index (χ1n) is 7.85. The maximum absolute atomic E-state index is 12.5. The molecule has 2 atom stereocenters. The van der Waals surface area contributed by atoms with Gasteiger partial charge < -0.3 is 5.32 Å². The van der Waals surface area contributed by atoms with Crippen LogP contribution in [0.5, 0.6) is 0 Å². The van der Waals surface area contributed by atoms with Crippen LogP contribution < -0.4 is 5.32 Å². The number of rotatable bonds is 8. The van der Waals surface area contributed by atoms with E-state index in [-0.39, 0.29) is 17.7 Å². The molecule has 0 bridgehead atoms. The lowest BCUT2D eigenvalue weighted by atomic mass is 10.0. The maximum atomic E-state index is 12.5. The Morgan fingerprint density at radius 1 is 1.05 bits per heavy atom. The monoisotopic (exact) mass is 311 g/mol. The summed E-state index contributed by atoms with van der Waals surface area (Å²) in [6, 6.07) is 8.12. The highest BCUT2D eigenvalue weighted by Gasteiger charge is 2.30. The Morgan fingerprint density at radius 3 is 2.05 bits per heavy atom. The van der Waals surface area contributed by atoms with E-state index in [2.05, 4.69) is 24.4 Å². The van der Waals surface area contributed by atoms with E-state index >= 15 is 0 Å². The third-order valence-electron chi connectivity index (χ3n) is 3.77. The Balaban J connectivity index is 3.04. The number of hydrogen-bond acceptors (Lipinski definition) is 3.